The highest BCUT2D eigenvalue weighted by Crippen LogP contribution is 2.59. The van der Waals surface area contributed by atoms with Crippen molar-refractivity contribution >= 4 is 0 Å². The Morgan fingerprint density at radius 1 is 1.32 bits per heavy atom. The Kier molecular flexibility index (Phi) is 2.99. The van der Waals surface area contributed by atoms with Gasteiger partial charge in [0.15, 0.2) is 11.5 Å². The number of benzene rings is 1. The summed E-state index contributed by atoms with van der Waals surface area (Å²) < 4.78 is 5.28. The fourth-order valence-corrected chi connectivity index (χ4v) is 5.15. The maximum atomic E-state index is 11.5. The Hall–Kier alpha value is -1.30. The van der Waals surface area contributed by atoms with Gasteiger partial charge in [0.2, 0.25) is 0 Å². The molecule has 5 heteroatoms. The molecule has 0 amide bonds. The summed E-state index contributed by atoms with van der Waals surface area (Å²) >= 11 is 0. The summed E-state index contributed by atoms with van der Waals surface area (Å²) in [6.07, 6.45) is 2.63. The molecule has 0 spiro atoms. The first-order valence-electron chi connectivity index (χ1n) is 8.05. The highest BCUT2D eigenvalue weighted by atomic mass is 16.5. The smallest absolute Gasteiger partial charge is 0.161 e. The fourth-order valence-electron chi connectivity index (χ4n) is 5.15. The first-order chi connectivity index (χ1) is 10.5. The lowest BCUT2D eigenvalue weighted by atomic mass is 9.49. The molecule has 120 valence electrons. The average Bonchev–Trinajstić information content (AvgIpc) is 2.47. The zero-order valence-corrected chi connectivity index (χ0v) is 12.8. The van der Waals surface area contributed by atoms with Crippen molar-refractivity contribution in [2.24, 2.45) is 0 Å². The van der Waals surface area contributed by atoms with Crippen LogP contribution in [-0.2, 0) is 11.8 Å². The Balaban J connectivity index is 1.98. The molecule has 4 N–H and O–H groups in total. The van der Waals surface area contributed by atoms with E-state index in [4.69, 9.17) is 4.74 Å². The van der Waals surface area contributed by atoms with Gasteiger partial charge in [-0.3, -0.25) is 0 Å². The third kappa shape index (κ3) is 1.59. The molecule has 2 aliphatic carbocycles. The van der Waals surface area contributed by atoms with Crippen LogP contribution in [0.2, 0.25) is 0 Å². The molecule has 3 aliphatic rings. The summed E-state index contributed by atoms with van der Waals surface area (Å²) in [5.41, 5.74) is 0.341. The summed E-state index contributed by atoms with van der Waals surface area (Å²) in [6, 6.07) is 3.74. The molecular formula is C17H23NO4. The third-order valence-corrected chi connectivity index (χ3v) is 6.14. The third-order valence-electron chi connectivity index (χ3n) is 6.14. The van der Waals surface area contributed by atoms with E-state index in [1.807, 2.05) is 6.07 Å². The predicted octanol–water partition coefficient (Wildman–Crippen LogP) is 0.833. The summed E-state index contributed by atoms with van der Waals surface area (Å²) in [7, 11) is 1.54. The minimum Gasteiger partial charge on any atom is -0.504 e. The van der Waals surface area contributed by atoms with Crippen molar-refractivity contribution in [1.82, 2.24) is 5.32 Å². The second-order valence-electron chi connectivity index (χ2n) is 7.01. The van der Waals surface area contributed by atoms with Crippen LogP contribution in [-0.4, -0.2) is 46.7 Å². The number of aliphatic hydroxyl groups excluding tert-OH is 1. The van der Waals surface area contributed by atoms with Crippen molar-refractivity contribution in [2.45, 2.75) is 55.3 Å². The maximum absolute atomic E-state index is 11.5. The molecule has 2 fully saturated rings. The molecule has 0 unspecified atom stereocenters. The summed E-state index contributed by atoms with van der Waals surface area (Å²) in [4.78, 5) is 0. The molecule has 5 nitrogen and oxygen atoms in total. The van der Waals surface area contributed by atoms with E-state index in [9.17, 15) is 15.3 Å². The molecular weight excluding hydrogens is 282 g/mol. The van der Waals surface area contributed by atoms with E-state index >= 15 is 0 Å². The molecule has 4 atom stereocenters. The number of piperidine rings is 1. The van der Waals surface area contributed by atoms with Crippen molar-refractivity contribution in [3.63, 3.8) is 0 Å². The monoisotopic (exact) mass is 305 g/mol. The van der Waals surface area contributed by atoms with Gasteiger partial charge in [0.25, 0.3) is 0 Å². The van der Waals surface area contributed by atoms with Crippen LogP contribution in [0.15, 0.2) is 12.1 Å². The number of aromatic hydroxyl groups is 1. The van der Waals surface area contributed by atoms with Gasteiger partial charge < -0.3 is 25.4 Å². The highest BCUT2D eigenvalue weighted by molar-refractivity contribution is 5.58. The van der Waals surface area contributed by atoms with Gasteiger partial charge in [0, 0.05) is 17.0 Å². The van der Waals surface area contributed by atoms with Gasteiger partial charge in [-0.25, -0.2) is 0 Å². The Morgan fingerprint density at radius 2 is 2.14 bits per heavy atom. The zero-order valence-electron chi connectivity index (χ0n) is 12.8. The van der Waals surface area contributed by atoms with E-state index in [0.717, 1.165) is 17.7 Å². The van der Waals surface area contributed by atoms with Crippen molar-refractivity contribution in [3.05, 3.63) is 23.3 Å². The van der Waals surface area contributed by atoms with Crippen LogP contribution >= 0.6 is 0 Å². The summed E-state index contributed by atoms with van der Waals surface area (Å²) in [5, 5.41) is 35.9. The van der Waals surface area contributed by atoms with Crippen LogP contribution < -0.4 is 10.1 Å². The van der Waals surface area contributed by atoms with Gasteiger partial charge >= 0.3 is 0 Å². The number of aliphatic hydroxyl groups is 2. The Bertz CT molecular complexity index is 619. The van der Waals surface area contributed by atoms with Crippen LogP contribution in [0.3, 0.4) is 0 Å². The van der Waals surface area contributed by atoms with Gasteiger partial charge in [-0.05, 0) is 50.3 Å². The van der Waals surface area contributed by atoms with Crippen molar-refractivity contribution in [3.8, 4) is 11.5 Å². The number of fused-ring (bicyclic) bond motifs is 1. The number of rotatable bonds is 1. The molecule has 4 rings (SSSR count). The first-order valence-corrected chi connectivity index (χ1v) is 8.05. The van der Waals surface area contributed by atoms with E-state index in [1.165, 1.54) is 7.11 Å². The number of phenols is 1. The van der Waals surface area contributed by atoms with E-state index in [2.05, 4.69) is 5.32 Å². The predicted molar refractivity (Wildman–Crippen MR) is 81.3 cm³/mol. The highest BCUT2D eigenvalue weighted by Gasteiger charge is 2.63. The summed E-state index contributed by atoms with van der Waals surface area (Å²) in [5.74, 6) is 0.570. The molecule has 0 aromatic heterocycles. The van der Waals surface area contributed by atoms with Crippen LogP contribution in [0, 0.1) is 0 Å². The SMILES string of the molecule is COc1ccc2c(c1O)[C@]13CCN[C@H](C2)[C@]1(O)CC[C@@H](O)C3. The average molecular weight is 305 g/mol. The number of phenolic OH excluding ortho intramolecular Hbond substituents is 1. The number of methoxy groups -OCH3 is 1. The van der Waals surface area contributed by atoms with Gasteiger partial charge in [-0.1, -0.05) is 6.07 Å². The Labute approximate surface area is 129 Å². The van der Waals surface area contributed by atoms with Gasteiger partial charge in [-0.2, -0.15) is 0 Å². The van der Waals surface area contributed by atoms with Gasteiger partial charge in [0.05, 0.1) is 18.8 Å². The molecule has 2 bridgehead atoms. The zero-order chi connectivity index (χ0) is 15.5. The lowest BCUT2D eigenvalue weighted by Crippen LogP contribution is -2.72. The van der Waals surface area contributed by atoms with Gasteiger partial charge in [0.1, 0.15) is 0 Å². The van der Waals surface area contributed by atoms with Crippen molar-refractivity contribution < 1.29 is 20.1 Å². The lowest BCUT2D eigenvalue weighted by Gasteiger charge is -2.61. The van der Waals surface area contributed by atoms with Crippen LogP contribution in [0.1, 0.15) is 36.8 Å². The molecule has 0 radical (unpaired) electrons. The number of ether oxygens (including phenoxy) is 1. The fraction of sp³-hybridized carbons (Fsp3) is 0.647. The quantitative estimate of drug-likeness (QED) is 0.618. The molecule has 1 heterocycles. The largest absolute Gasteiger partial charge is 0.504 e. The van der Waals surface area contributed by atoms with Crippen LogP contribution in [0.4, 0.5) is 0 Å². The normalized spacial score (nSPS) is 39.8. The minimum absolute atomic E-state index is 0.0194. The van der Waals surface area contributed by atoms with Crippen molar-refractivity contribution in [2.75, 3.05) is 13.7 Å². The first kappa shape index (κ1) is 14.3. The standard InChI is InChI=1S/C17H23NO4/c1-22-12-3-2-10-8-13-17(21)5-4-11(19)9-16(17,6-7-18-13)14(10)15(12)20/h2-3,11,13,18-21H,4-9H2,1H3/t11-,13-,16-,17-/m1/s1. The second-order valence-corrected chi connectivity index (χ2v) is 7.01. The van der Waals surface area contributed by atoms with E-state index < -0.39 is 17.1 Å². The van der Waals surface area contributed by atoms with Crippen LogP contribution in [0.25, 0.3) is 0 Å². The topological polar surface area (TPSA) is 82.0 Å². The number of nitrogens with one attached hydrogen (secondary N) is 1. The molecule has 1 saturated heterocycles. The maximum Gasteiger partial charge on any atom is 0.161 e. The molecule has 1 aromatic carbocycles. The molecule has 1 aliphatic heterocycles. The van der Waals surface area contributed by atoms with E-state index in [0.29, 0.717) is 37.9 Å². The minimum atomic E-state index is -0.915. The Morgan fingerprint density at radius 3 is 2.91 bits per heavy atom. The molecule has 1 saturated carbocycles. The van der Waals surface area contributed by atoms with E-state index in [1.54, 1.807) is 6.07 Å². The molecule has 22 heavy (non-hydrogen) atoms. The van der Waals surface area contributed by atoms with E-state index in [-0.39, 0.29) is 11.8 Å². The lowest BCUT2D eigenvalue weighted by molar-refractivity contribution is -0.146. The number of hydrogen-bond acceptors (Lipinski definition) is 5. The number of hydrogen-bond donors (Lipinski definition) is 4. The van der Waals surface area contributed by atoms with Gasteiger partial charge in [-0.15, -0.1) is 0 Å². The van der Waals surface area contributed by atoms with Crippen molar-refractivity contribution in [1.29, 1.82) is 0 Å². The summed E-state index contributed by atoms with van der Waals surface area (Å²) in [6.45, 7) is 0.787. The second kappa shape index (κ2) is 4.60. The molecule has 1 aromatic rings. The van der Waals surface area contributed by atoms with Crippen LogP contribution in [0.5, 0.6) is 11.5 Å².